The summed E-state index contributed by atoms with van der Waals surface area (Å²) in [7, 11) is 0. The Labute approximate surface area is 144 Å². The first-order chi connectivity index (χ1) is 9.76. The molecule has 0 fully saturated rings. The monoisotopic (exact) mass is 404 g/mol. The average Bonchev–Trinajstić information content (AvgIpc) is 2.47. The molecule has 6 heteroatoms. The highest BCUT2D eigenvalue weighted by atomic mass is 127. The molecule has 0 spiro atoms. The van der Waals surface area contributed by atoms with Crippen molar-refractivity contribution in [1.29, 1.82) is 0 Å². The van der Waals surface area contributed by atoms with Gasteiger partial charge in [-0.05, 0) is 19.4 Å². The van der Waals surface area contributed by atoms with Gasteiger partial charge in [0.1, 0.15) is 0 Å². The number of hydrogen-bond donors (Lipinski definition) is 3. The first kappa shape index (κ1) is 19.7. The molecule has 1 aromatic rings. The fourth-order valence-corrected chi connectivity index (χ4v) is 1.66. The number of halogens is 1. The van der Waals surface area contributed by atoms with Crippen LogP contribution in [0.5, 0.6) is 0 Å². The molecule has 118 valence electrons. The van der Waals surface area contributed by atoms with Gasteiger partial charge in [-0.2, -0.15) is 0 Å². The van der Waals surface area contributed by atoms with Crippen LogP contribution < -0.4 is 16.0 Å². The van der Waals surface area contributed by atoms with E-state index >= 15 is 0 Å². The molecule has 1 rings (SSSR count). The summed E-state index contributed by atoms with van der Waals surface area (Å²) in [5, 5.41) is 9.13. The van der Waals surface area contributed by atoms with Crippen molar-refractivity contribution in [2.75, 3.05) is 19.6 Å². The molecule has 0 unspecified atom stereocenters. The van der Waals surface area contributed by atoms with Gasteiger partial charge in [-0.1, -0.05) is 30.3 Å². The van der Waals surface area contributed by atoms with E-state index in [2.05, 4.69) is 20.9 Å². The number of aliphatic imine (C=N–C) groups is 1. The number of benzene rings is 1. The number of guanidine groups is 1. The second-order valence-electron chi connectivity index (χ2n) is 4.30. The Kier molecular flexibility index (Phi) is 11.7. The van der Waals surface area contributed by atoms with Crippen LogP contribution in [0.2, 0.25) is 0 Å². The van der Waals surface area contributed by atoms with Crippen LogP contribution in [0.1, 0.15) is 25.8 Å². The van der Waals surface area contributed by atoms with Crippen molar-refractivity contribution in [3.63, 3.8) is 0 Å². The van der Waals surface area contributed by atoms with Crippen LogP contribution in [0.15, 0.2) is 35.3 Å². The Morgan fingerprint density at radius 3 is 2.24 bits per heavy atom. The number of hydrogen-bond acceptors (Lipinski definition) is 2. The lowest BCUT2D eigenvalue weighted by atomic mass is 10.2. The maximum atomic E-state index is 11.7. The Morgan fingerprint density at radius 1 is 1.05 bits per heavy atom. The molecule has 3 N–H and O–H groups in total. The summed E-state index contributed by atoms with van der Waals surface area (Å²) in [5.74, 6) is 0.774. The van der Waals surface area contributed by atoms with E-state index in [1.165, 1.54) is 0 Å². The van der Waals surface area contributed by atoms with Gasteiger partial charge < -0.3 is 16.0 Å². The Balaban J connectivity index is 0.00000400. The number of nitrogens with zero attached hydrogens (tertiary/aromatic N) is 1. The van der Waals surface area contributed by atoms with Gasteiger partial charge >= 0.3 is 0 Å². The minimum absolute atomic E-state index is 0. The zero-order valence-electron chi connectivity index (χ0n) is 12.7. The number of nitrogens with one attached hydrogen (secondary N) is 3. The predicted octanol–water partition coefficient (Wildman–Crippen LogP) is 1.89. The third kappa shape index (κ3) is 9.28. The maximum absolute atomic E-state index is 11.7. The number of carbonyl (C=O) groups is 1. The van der Waals surface area contributed by atoms with Crippen LogP contribution in [0.3, 0.4) is 0 Å². The van der Waals surface area contributed by atoms with Crippen molar-refractivity contribution in [1.82, 2.24) is 16.0 Å². The van der Waals surface area contributed by atoms with Crippen molar-refractivity contribution in [2.45, 2.75) is 26.8 Å². The quantitative estimate of drug-likeness (QED) is 0.370. The van der Waals surface area contributed by atoms with Crippen molar-refractivity contribution in [3.8, 4) is 0 Å². The van der Waals surface area contributed by atoms with E-state index in [1.807, 2.05) is 44.2 Å². The van der Waals surface area contributed by atoms with Gasteiger partial charge in [0.2, 0.25) is 5.91 Å². The molecule has 0 aliphatic rings. The van der Waals surface area contributed by atoms with Crippen LogP contribution in [0.4, 0.5) is 0 Å². The van der Waals surface area contributed by atoms with E-state index < -0.39 is 0 Å². The predicted molar refractivity (Wildman–Crippen MR) is 98.0 cm³/mol. The van der Waals surface area contributed by atoms with Gasteiger partial charge in [0.25, 0.3) is 0 Å². The molecular formula is C15H25IN4O. The van der Waals surface area contributed by atoms with E-state index in [9.17, 15) is 4.79 Å². The molecule has 0 atom stereocenters. The minimum atomic E-state index is 0. The van der Waals surface area contributed by atoms with E-state index in [1.54, 1.807) is 0 Å². The first-order valence-electron chi connectivity index (χ1n) is 7.09. The molecule has 0 heterocycles. The summed E-state index contributed by atoms with van der Waals surface area (Å²) in [6.07, 6.45) is 0.396. The van der Waals surface area contributed by atoms with Gasteiger partial charge in [0, 0.05) is 26.1 Å². The Hall–Kier alpha value is -1.31. The van der Waals surface area contributed by atoms with E-state index in [0.29, 0.717) is 19.5 Å². The number of rotatable bonds is 7. The van der Waals surface area contributed by atoms with Gasteiger partial charge in [-0.25, -0.2) is 0 Å². The smallest absolute Gasteiger partial charge is 0.222 e. The number of carbonyl (C=O) groups excluding carboxylic acids is 1. The second kappa shape index (κ2) is 12.4. The van der Waals surface area contributed by atoms with Crippen LogP contribution in [-0.2, 0) is 11.3 Å². The lowest BCUT2D eigenvalue weighted by Gasteiger charge is -2.09. The van der Waals surface area contributed by atoms with Crippen LogP contribution in [-0.4, -0.2) is 31.5 Å². The van der Waals surface area contributed by atoms with Crippen molar-refractivity contribution >= 4 is 35.8 Å². The van der Waals surface area contributed by atoms with Crippen molar-refractivity contribution in [3.05, 3.63) is 35.9 Å². The summed E-state index contributed by atoms with van der Waals surface area (Å²) >= 11 is 0. The third-order valence-electron chi connectivity index (χ3n) is 2.63. The standard InChI is InChI=1S/C15H24N4O.HI/c1-3-16-15(17-4-2)18-11-10-14(20)19-12-13-8-6-5-7-9-13;/h5-9H,3-4,10-12H2,1-2H3,(H,19,20)(H2,16,17,18);1H. The van der Waals surface area contributed by atoms with Gasteiger partial charge in [-0.3, -0.25) is 9.79 Å². The molecule has 0 saturated carbocycles. The molecule has 1 amide bonds. The summed E-state index contributed by atoms with van der Waals surface area (Å²) < 4.78 is 0. The van der Waals surface area contributed by atoms with Gasteiger partial charge in [0.05, 0.1) is 6.54 Å². The molecule has 0 aliphatic carbocycles. The van der Waals surface area contributed by atoms with Gasteiger partial charge in [-0.15, -0.1) is 24.0 Å². The zero-order valence-corrected chi connectivity index (χ0v) is 15.0. The summed E-state index contributed by atoms with van der Waals surface area (Å²) in [5.41, 5.74) is 1.10. The van der Waals surface area contributed by atoms with Crippen molar-refractivity contribution < 1.29 is 4.79 Å². The minimum Gasteiger partial charge on any atom is -0.357 e. The third-order valence-corrected chi connectivity index (χ3v) is 2.63. The van der Waals surface area contributed by atoms with Crippen LogP contribution in [0.25, 0.3) is 0 Å². The molecule has 0 radical (unpaired) electrons. The highest BCUT2D eigenvalue weighted by Crippen LogP contribution is 1.97. The van der Waals surface area contributed by atoms with Gasteiger partial charge in [0.15, 0.2) is 5.96 Å². The lowest BCUT2D eigenvalue weighted by Crippen LogP contribution is -2.37. The maximum Gasteiger partial charge on any atom is 0.222 e. The molecular weight excluding hydrogens is 379 g/mol. The topological polar surface area (TPSA) is 65.5 Å². The fraction of sp³-hybridized carbons (Fsp3) is 0.467. The molecule has 1 aromatic carbocycles. The SMILES string of the molecule is CCNC(=NCCC(=O)NCc1ccccc1)NCC.I. The van der Waals surface area contributed by atoms with E-state index in [4.69, 9.17) is 0 Å². The fourth-order valence-electron chi connectivity index (χ4n) is 1.66. The summed E-state index contributed by atoms with van der Waals surface area (Å²) in [6, 6.07) is 9.87. The van der Waals surface area contributed by atoms with E-state index in [0.717, 1.165) is 24.6 Å². The Bertz CT molecular complexity index is 415. The molecule has 5 nitrogen and oxygen atoms in total. The number of amides is 1. The van der Waals surface area contributed by atoms with E-state index in [-0.39, 0.29) is 29.9 Å². The molecule has 0 aromatic heterocycles. The Morgan fingerprint density at radius 2 is 1.67 bits per heavy atom. The summed E-state index contributed by atoms with van der Waals surface area (Å²) in [6.45, 7) is 6.70. The van der Waals surface area contributed by atoms with Crippen LogP contribution >= 0.6 is 24.0 Å². The zero-order chi connectivity index (χ0) is 14.6. The highest BCUT2D eigenvalue weighted by Gasteiger charge is 2.01. The van der Waals surface area contributed by atoms with Crippen molar-refractivity contribution in [2.24, 2.45) is 4.99 Å². The summed E-state index contributed by atoms with van der Waals surface area (Å²) in [4.78, 5) is 16.0. The highest BCUT2D eigenvalue weighted by molar-refractivity contribution is 14.0. The second-order valence-corrected chi connectivity index (χ2v) is 4.30. The molecule has 0 bridgehead atoms. The van der Waals surface area contributed by atoms with Crippen LogP contribution in [0, 0.1) is 0 Å². The largest absolute Gasteiger partial charge is 0.357 e. The average molecular weight is 404 g/mol. The molecule has 0 saturated heterocycles. The molecule has 0 aliphatic heterocycles. The normalized spacial score (nSPS) is 9.24. The molecule has 21 heavy (non-hydrogen) atoms. The first-order valence-corrected chi connectivity index (χ1v) is 7.09. The lowest BCUT2D eigenvalue weighted by molar-refractivity contribution is -0.121.